The molecule has 0 fully saturated rings. The predicted octanol–water partition coefficient (Wildman–Crippen LogP) is 2.29. The van der Waals surface area contributed by atoms with Crippen molar-refractivity contribution in [2.45, 2.75) is 57.2 Å². The molecule has 1 rings (SSSR count). The minimum absolute atomic E-state index is 0.0960. The van der Waals surface area contributed by atoms with Crippen molar-refractivity contribution in [2.75, 3.05) is 34.4 Å². The fourth-order valence-electron chi connectivity index (χ4n) is 2.03. The first-order chi connectivity index (χ1) is 10.6. The second-order valence-electron chi connectivity index (χ2n) is 7.31. The lowest BCUT2D eigenvalue weighted by Crippen LogP contribution is -2.42. The molecule has 0 amide bonds. The minimum Gasteiger partial charge on any atom is -0.413 e. The number of hydrogen-bond donors (Lipinski definition) is 1. The molecule has 0 aromatic heterocycles. The molecule has 0 bridgehead atoms. The molecule has 136 valence electrons. The molecule has 6 nitrogen and oxygen atoms in total. The van der Waals surface area contributed by atoms with Crippen LogP contribution in [-0.2, 0) is 23.4 Å². The van der Waals surface area contributed by atoms with E-state index in [1.54, 1.807) is 14.2 Å². The second-order valence-corrected chi connectivity index (χ2v) is 12.1. The Morgan fingerprint density at radius 3 is 2.17 bits per heavy atom. The molecule has 0 heterocycles. The molecule has 0 aliphatic heterocycles. The number of methoxy groups -OCH3 is 2. The van der Waals surface area contributed by atoms with E-state index in [4.69, 9.17) is 23.4 Å². The Bertz CT molecular complexity index is 391. The Labute approximate surface area is 140 Å². The van der Waals surface area contributed by atoms with Crippen molar-refractivity contribution in [3.63, 3.8) is 0 Å². The van der Waals surface area contributed by atoms with Crippen LogP contribution < -0.4 is 0 Å². The largest absolute Gasteiger partial charge is 0.413 e. The molecule has 23 heavy (non-hydrogen) atoms. The zero-order valence-electron chi connectivity index (χ0n) is 15.4. The van der Waals surface area contributed by atoms with E-state index < -0.39 is 20.5 Å². The highest BCUT2D eigenvalue weighted by atomic mass is 28.4. The molecular formula is C16H32O6Si. The predicted molar refractivity (Wildman–Crippen MR) is 90.7 cm³/mol. The number of aliphatic hydroxyl groups is 1. The molecule has 7 heteroatoms. The molecule has 0 saturated heterocycles. The highest BCUT2D eigenvalue weighted by Gasteiger charge is 2.41. The summed E-state index contributed by atoms with van der Waals surface area (Å²) in [6.07, 6.45) is 0.218. The zero-order valence-corrected chi connectivity index (χ0v) is 16.4. The van der Waals surface area contributed by atoms with Crippen molar-refractivity contribution < 1.29 is 28.5 Å². The van der Waals surface area contributed by atoms with E-state index in [2.05, 4.69) is 33.9 Å². The average molecular weight is 349 g/mol. The Morgan fingerprint density at radius 2 is 1.65 bits per heavy atom. The Morgan fingerprint density at radius 1 is 1.09 bits per heavy atom. The number of ether oxygens (including phenoxy) is 4. The molecule has 0 radical (unpaired) electrons. The maximum atomic E-state index is 10.5. The van der Waals surface area contributed by atoms with Crippen molar-refractivity contribution in [3.8, 4) is 0 Å². The molecule has 0 saturated carbocycles. The fourth-order valence-corrected chi connectivity index (χ4v) is 2.99. The van der Waals surface area contributed by atoms with Gasteiger partial charge < -0.3 is 28.5 Å². The van der Waals surface area contributed by atoms with Gasteiger partial charge >= 0.3 is 0 Å². The molecule has 1 aliphatic carbocycles. The van der Waals surface area contributed by atoms with Crippen LogP contribution in [0.1, 0.15) is 20.8 Å². The number of rotatable bonds is 9. The van der Waals surface area contributed by atoms with Gasteiger partial charge in [-0.2, -0.15) is 0 Å². The van der Waals surface area contributed by atoms with Crippen LogP contribution in [0.4, 0.5) is 0 Å². The average Bonchev–Trinajstić information content (AvgIpc) is 2.75. The van der Waals surface area contributed by atoms with Crippen LogP contribution >= 0.6 is 0 Å². The zero-order chi connectivity index (χ0) is 17.7. The maximum absolute atomic E-state index is 10.5. The molecule has 0 spiro atoms. The van der Waals surface area contributed by atoms with E-state index in [-0.39, 0.29) is 24.7 Å². The summed E-state index contributed by atoms with van der Waals surface area (Å²) in [4.78, 5) is 0. The van der Waals surface area contributed by atoms with Crippen LogP contribution in [0.2, 0.25) is 18.1 Å². The van der Waals surface area contributed by atoms with Crippen molar-refractivity contribution in [2.24, 2.45) is 0 Å². The first-order valence-electron chi connectivity index (χ1n) is 7.87. The second kappa shape index (κ2) is 8.71. The van der Waals surface area contributed by atoms with Gasteiger partial charge in [-0.05, 0) is 29.8 Å². The van der Waals surface area contributed by atoms with Gasteiger partial charge in [-0.3, -0.25) is 0 Å². The normalized spacial score (nSPS) is 25.7. The smallest absolute Gasteiger partial charge is 0.192 e. The van der Waals surface area contributed by atoms with Crippen molar-refractivity contribution >= 4 is 8.32 Å². The van der Waals surface area contributed by atoms with E-state index in [0.717, 1.165) is 5.57 Å². The summed E-state index contributed by atoms with van der Waals surface area (Å²) in [5, 5.41) is 10.6. The molecular weight excluding hydrogens is 316 g/mol. The summed E-state index contributed by atoms with van der Waals surface area (Å²) in [5.74, 6) is 0. The summed E-state index contributed by atoms with van der Waals surface area (Å²) in [5.41, 5.74) is 0.789. The van der Waals surface area contributed by atoms with Crippen molar-refractivity contribution in [1.82, 2.24) is 0 Å². The van der Waals surface area contributed by atoms with Crippen LogP contribution in [0.3, 0.4) is 0 Å². The molecule has 0 aromatic carbocycles. The van der Waals surface area contributed by atoms with Crippen LogP contribution in [0.25, 0.3) is 0 Å². The summed E-state index contributed by atoms with van der Waals surface area (Å²) in [6, 6.07) is 0. The monoisotopic (exact) mass is 348 g/mol. The summed E-state index contributed by atoms with van der Waals surface area (Å²) in [7, 11) is 1.22. The quantitative estimate of drug-likeness (QED) is 0.392. The van der Waals surface area contributed by atoms with Gasteiger partial charge in [0, 0.05) is 14.2 Å². The SMILES string of the molecule is COCO[C@@H]1[C@@H](OCOC)C=C(CO[Si](C)(C)C(C)(C)C)[C@H]1O. The topological polar surface area (TPSA) is 66.4 Å². The van der Waals surface area contributed by atoms with Crippen LogP contribution in [-0.4, -0.2) is 66.1 Å². The Hall–Kier alpha value is -0.283. The lowest BCUT2D eigenvalue weighted by molar-refractivity contribution is -0.159. The fraction of sp³-hybridized carbons (Fsp3) is 0.875. The molecule has 0 aromatic rings. The highest BCUT2D eigenvalue weighted by molar-refractivity contribution is 6.74. The third-order valence-corrected chi connectivity index (χ3v) is 9.03. The minimum atomic E-state index is -1.88. The van der Waals surface area contributed by atoms with Gasteiger partial charge in [0.2, 0.25) is 0 Å². The van der Waals surface area contributed by atoms with E-state index in [0.29, 0.717) is 6.61 Å². The van der Waals surface area contributed by atoms with Gasteiger partial charge in [0.1, 0.15) is 31.9 Å². The van der Waals surface area contributed by atoms with Crippen LogP contribution in [0, 0.1) is 0 Å². The first-order valence-corrected chi connectivity index (χ1v) is 10.8. The molecule has 1 aliphatic rings. The lowest BCUT2D eigenvalue weighted by atomic mass is 10.1. The first kappa shape index (κ1) is 20.8. The van der Waals surface area contributed by atoms with Crippen molar-refractivity contribution in [1.29, 1.82) is 0 Å². The molecule has 1 N–H and O–H groups in total. The van der Waals surface area contributed by atoms with Crippen LogP contribution in [0.15, 0.2) is 11.6 Å². The summed E-state index contributed by atoms with van der Waals surface area (Å²) < 4.78 is 27.2. The van der Waals surface area contributed by atoms with Gasteiger partial charge in [0.15, 0.2) is 8.32 Å². The lowest BCUT2D eigenvalue weighted by Gasteiger charge is -2.36. The van der Waals surface area contributed by atoms with E-state index in [1.165, 1.54) is 0 Å². The maximum Gasteiger partial charge on any atom is 0.192 e. The van der Waals surface area contributed by atoms with Gasteiger partial charge in [-0.25, -0.2) is 0 Å². The standard InChI is InChI=1S/C16H32O6Si/c1-16(2,3)23(6,7)22-9-12-8-13(20-10-18-4)15(14(12)17)21-11-19-5/h8,13-15,17H,9-11H2,1-7H3/t13-,14+,15+/m0/s1. The van der Waals surface area contributed by atoms with E-state index in [9.17, 15) is 5.11 Å². The van der Waals surface area contributed by atoms with Gasteiger partial charge in [-0.15, -0.1) is 0 Å². The van der Waals surface area contributed by atoms with Gasteiger partial charge in [-0.1, -0.05) is 20.8 Å². The Kier molecular flexibility index (Phi) is 7.86. The van der Waals surface area contributed by atoms with Crippen molar-refractivity contribution in [3.05, 3.63) is 11.6 Å². The molecule has 0 unspecified atom stereocenters. The van der Waals surface area contributed by atoms with E-state index in [1.807, 2.05) is 6.08 Å². The van der Waals surface area contributed by atoms with Gasteiger partial charge in [0.05, 0.1) is 6.61 Å². The number of aliphatic hydroxyl groups excluding tert-OH is 1. The summed E-state index contributed by atoms with van der Waals surface area (Å²) in [6.45, 7) is 11.6. The highest BCUT2D eigenvalue weighted by Crippen LogP contribution is 2.37. The van der Waals surface area contributed by atoms with Gasteiger partial charge in [0.25, 0.3) is 0 Å². The number of hydrogen-bond acceptors (Lipinski definition) is 6. The molecule has 3 atom stereocenters. The third kappa shape index (κ3) is 5.63. The Balaban J connectivity index is 2.73. The van der Waals surface area contributed by atoms with Crippen LogP contribution in [0.5, 0.6) is 0 Å². The van der Waals surface area contributed by atoms with E-state index >= 15 is 0 Å². The summed E-state index contributed by atoms with van der Waals surface area (Å²) >= 11 is 0. The third-order valence-electron chi connectivity index (χ3n) is 4.56.